The Morgan fingerprint density at radius 3 is 2.35 bits per heavy atom. The molecule has 0 fully saturated rings. The summed E-state index contributed by atoms with van der Waals surface area (Å²) in [6.07, 6.45) is 0. The molecule has 17 heavy (non-hydrogen) atoms. The van der Waals surface area contributed by atoms with Crippen LogP contribution in [0.3, 0.4) is 0 Å². The van der Waals surface area contributed by atoms with Crippen molar-refractivity contribution in [3.8, 4) is 0 Å². The van der Waals surface area contributed by atoms with Crippen molar-refractivity contribution in [2.45, 2.75) is 25.7 Å². The van der Waals surface area contributed by atoms with Crippen LogP contribution in [0.2, 0.25) is 0 Å². The quantitative estimate of drug-likeness (QED) is 0.859. The summed E-state index contributed by atoms with van der Waals surface area (Å²) in [5.41, 5.74) is 6.21. The van der Waals surface area contributed by atoms with Crippen molar-refractivity contribution in [3.05, 3.63) is 5.69 Å². The second-order valence-corrected chi connectivity index (χ2v) is 6.58. The zero-order valence-electron chi connectivity index (χ0n) is 10.9. The average molecular weight is 260 g/mol. The van der Waals surface area contributed by atoms with Crippen LogP contribution in [-0.4, -0.2) is 36.1 Å². The van der Waals surface area contributed by atoms with Crippen LogP contribution in [0, 0.1) is 12.8 Å². The fraction of sp³-hybridized carbons (Fsp3) is 0.700. The van der Waals surface area contributed by atoms with Gasteiger partial charge in [-0.05, 0) is 12.8 Å². The number of aryl methyl sites for hydroxylation is 1. The molecular formula is C10H20N4O2S. The third-order valence-corrected chi connectivity index (χ3v) is 4.59. The Hall–Kier alpha value is -1.08. The lowest BCUT2D eigenvalue weighted by Crippen LogP contribution is -2.31. The standard InChI is InChI=1S/C10H20N4O2S/c1-7(2)6-13(4)17(15,16)9-8(3)14(5)12-10(9)11/h7H,6H2,1-5H3,(H2,11,12). The zero-order valence-corrected chi connectivity index (χ0v) is 11.7. The molecule has 2 N–H and O–H groups in total. The summed E-state index contributed by atoms with van der Waals surface area (Å²) in [7, 11) is -0.319. The number of hydrogen-bond acceptors (Lipinski definition) is 4. The summed E-state index contributed by atoms with van der Waals surface area (Å²) in [5, 5.41) is 3.93. The third kappa shape index (κ3) is 2.61. The lowest BCUT2D eigenvalue weighted by Gasteiger charge is -2.19. The van der Waals surface area contributed by atoms with Gasteiger partial charge < -0.3 is 5.73 Å². The smallest absolute Gasteiger partial charge is 0.248 e. The van der Waals surface area contributed by atoms with Gasteiger partial charge in [-0.15, -0.1) is 0 Å². The Morgan fingerprint density at radius 1 is 1.47 bits per heavy atom. The van der Waals surface area contributed by atoms with Crippen LogP contribution in [0.5, 0.6) is 0 Å². The molecule has 0 unspecified atom stereocenters. The van der Waals surface area contributed by atoms with Crippen LogP contribution in [0.25, 0.3) is 0 Å². The summed E-state index contributed by atoms with van der Waals surface area (Å²) < 4.78 is 27.4. The van der Waals surface area contributed by atoms with Gasteiger partial charge in [-0.3, -0.25) is 4.68 Å². The van der Waals surface area contributed by atoms with E-state index in [-0.39, 0.29) is 16.6 Å². The van der Waals surface area contributed by atoms with Crippen molar-refractivity contribution >= 4 is 15.8 Å². The fourth-order valence-corrected chi connectivity index (χ4v) is 3.32. The van der Waals surface area contributed by atoms with E-state index in [9.17, 15) is 8.42 Å². The van der Waals surface area contributed by atoms with Gasteiger partial charge in [0.2, 0.25) is 10.0 Å². The Kier molecular flexibility index (Phi) is 3.83. The van der Waals surface area contributed by atoms with Gasteiger partial charge in [0.05, 0.1) is 5.69 Å². The number of nitrogen functional groups attached to an aromatic ring is 1. The molecule has 1 rings (SSSR count). The maximum Gasteiger partial charge on any atom is 0.248 e. The van der Waals surface area contributed by atoms with Gasteiger partial charge >= 0.3 is 0 Å². The van der Waals surface area contributed by atoms with Gasteiger partial charge in [0.15, 0.2) is 5.82 Å². The molecule has 0 bridgehead atoms. The van der Waals surface area contributed by atoms with Crippen LogP contribution >= 0.6 is 0 Å². The first kappa shape index (κ1) is 14.0. The zero-order chi connectivity index (χ0) is 13.4. The van der Waals surface area contributed by atoms with Gasteiger partial charge in [0, 0.05) is 20.6 Å². The molecule has 1 aromatic rings. The number of rotatable bonds is 4. The van der Waals surface area contributed by atoms with E-state index in [0.717, 1.165) is 0 Å². The molecule has 0 saturated heterocycles. The molecule has 6 nitrogen and oxygen atoms in total. The highest BCUT2D eigenvalue weighted by molar-refractivity contribution is 7.89. The lowest BCUT2D eigenvalue weighted by molar-refractivity contribution is 0.417. The molecule has 0 atom stereocenters. The summed E-state index contributed by atoms with van der Waals surface area (Å²) in [4.78, 5) is 0.114. The first-order chi connectivity index (χ1) is 7.67. The van der Waals surface area contributed by atoms with Gasteiger partial charge in [-0.2, -0.15) is 5.10 Å². The second-order valence-electron chi connectivity index (χ2n) is 4.60. The number of nitrogens with zero attached hydrogens (tertiary/aromatic N) is 3. The molecular weight excluding hydrogens is 240 g/mol. The van der Waals surface area contributed by atoms with Crippen molar-refractivity contribution in [3.63, 3.8) is 0 Å². The number of nitrogens with two attached hydrogens (primary N) is 1. The highest BCUT2D eigenvalue weighted by Gasteiger charge is 2.28. The molecule has 0 spiro atoms. The highest BCUT2D eigenvalue weighted by Crippen LogP contribution is 2.24. The van der Waals surface area contributed by atoms with Gasteiger partial charge in [-0.25, -0.2) is 12.7 Å². The topological polar surface area (TPSA) is 81.2 Å². The van der Waals surface area contributed by atoms with Gasteiger partial charge in [0.1, 0.15) is 4.90 Å². The molecule has 0 saturated carbocycles. The molecule has 0 aliphatic carbocycles. The SMILES string of the molecule is Cc1c(S(=O)(=O)N(C)CC(C)C)c(N)nn1C. The highest BCUT2D eigenvalue weighted by atomic mass is 32.2. The largest absolute Gasteiger partial charge is 0.381 e. The van der Waals surface area contributed by atoms with E-state index in [1.54, 1.807) is 21.0 Å². The average Bonchev–Trinajstić information content (AvgIpc) is 2.39. The van der Waals surface area contributed by atoms with Crippen LogP contribution in [-0.2, 0) is 17.1 Å². The monoisotopic (exact) mass is 260 g/mol. The maximum atomic E-state index is 12.3. The lowest BCUT2D eigenvalue weighted by atomic mass is 10.2. The predicted octanol–water partition coefficient (Wildman–Crippen LogP) is 0.587. The van der Waals surface area contributed by atoms with E-state index in [0.29, 0.717) is 12.2 Å². The first-order valence-electron chi connectivity index (χ1n) is 5.43. The van der Waals surface area contributed by atoms with E-state index in [2.05, 4.69) is 5.10 Å². The summed E-state index contributed by atoms with van der Waals surface area (Å²) >= 11 is 0. The minimum Gasteiger partial charge on any atom is -0.381 e. The van der Waals surface area contributed by atoms with Crippen LogP contribution in [0.1, 0.15) is 19.5 Å². The van der Waals surface area contributed by atoms with E-state index >= 15 is 0 Å². The normalized spacial score (nSPS) is 12.6. The number of sulfonamides is 1. The van der Waals surface area contributed by atoms with E-state index in [1.165, 1.54) is 8.99 Å². The Labute approximate surface area is 102 Å². The van der Waals surface area contributed by atoms with Crippen molar-refractivity contribution in [2.24, 2.45) is 13.0 Å². The van der Waals surface area contributed by atoms with Crippen LogP contribution < -0.4 is 5.73 Å². The molecule has 0 aromatic carbocycles. The Morgan fingerprint density at radius 2 is 2.00 bits per heavy atom. The molecule has 0 radical (unpaired) electrons. The van der Waals surface area contributed by atoms with Crippen molar-refractivity contribution in [1.29, 1.82) is 0 Å². The number of anilines is 1. The maximum absolute atomic E-state index is 12.3. The summed E-state index contributed by atoms with van der Waals surface area (Å²) in [6, 6.07) is 0. The van der Waals surface area contributed by atoms with Crippen LogP contribution in [0.15, 0.2) is 4.90 Å². The minimum absolute atomic E-state index is 0.0561. The number of aromatic nitrogens is 2. The molecule has 0 amide bonds. The molecule has 0 aliphatic rings. The van der Waals surface area contributed by atoms with E-state index in [1.807, 2.05) is 13.8 Å². The molecule has 1 aromatic heterocycles. The van der Waals surface area contributed by atoms with Crippen molar-refractivity contribution < 1.29 is 8.42 Å². The van der Waals surface area contributed by atoms with Gasteiger partial charge in [-0.1, -0.05) is 13.8 Å². The molecule has 98 valence electrons. The molecule has 1 heterocycles. The molecule has 0 aliphatic heterocycles. The van der Waals surface area contributed by atoms with E-state index < -0.39 is 10.0 Å². The summed E-state index contributed by atoms with van der Waals surface area (Å²) in [6.45, 7) is 6.08. The molecule has 7 heteroatoms. The van der Waals surface area contributed by atoms with Crippen LogP contribution in [0.4, 0.5) is 5.82 Å². The van der Waals surface area contributed by atoms with E-state index in [4.69, 9.17) is 5.73 Å². The summed E-state index contributed by atoms with van der Waals surface area (Å²) in [5.74, 6) is 0.314. The van der Waals surface area contributed by atoms with Gasteiger partial charge in [0.25, 0.3) is 0 Å². The fourth-order valence-electron chi connectivity index (χ4n) is 1.70. The van der Waals surface area contributed by atoms with Crippen molar-refractivity contribution in [2.75, 3.05) is 19.3 Å². The number of hydrogen-bond donors (Lipinski definition) is 1. The predicted molar refractivity (Wildman–Crippen MR) is 67.0 cm³/mol. The minimum atomic E-state index is -3.55. The Balaban J connectivity index is 3.22. The third-order valence-electron chi connectivity index (χ3n) is 2.59. The Bertz CT molecular complexity index is 505. The first-order valence-corrected chi connectivity index (χ1v) is 6.87. The second kappa shape index (κ2) is 4.66. The van der Waals surface area contributed by atoms with Crippen molar-refractivity contribution in [1.82, 2.24) is 14.1 Å².